The number of phenolic OH excluding ortho intramolecular Hbond substituents is 1. The topological polar surface area (TPSA) is 77.8 Å². The third kappa shape index (κ3) is 2.99. The molecule has 8 heteroatoms. The highest BCUT2D eigenvalue weighted by molar-refractivity contribution is 6.03. The summed E-state index contributed by atoms with van der Waals surface area (Å²) in [6, 6.07) is 9.62. The molecular formula is C17H14F3NO4. The Balaban J connectivity index is 1.94. The summed E-state index contributed by atoms with van der Waals surface area (Å²) in [5, 5.41) is 20.4. The van der Waals surface area contributed by atoms with E-state index in [1.807, 2.05) is 0 Å². The maximum Gasteiger partial charge on any atom is 0.394 e. The monoisotopic (exact) mass is 353 g/mol. The van der Waals surface area contributed by atoms with Gasteiger partial charge in [-0.3, -0.25) is 9.59 Å². The summed E-state index contributed by atoms with van der Waals surface area (Å²) in [5.41, 5.74) is -0.148. The van der Waals surface area contributed by atoms with E-state index in [0.29, 0.717) is 10.8 Å². The second kappa shape index (κ2) is 5.94. The number of carbonyl (C=O) groups is 2. The van der Waals surface area contributed by atoms with Gasteiger partial charge in [0.25, 0.3) is 5.91 Å². The van der Waals surface area contributed by atoms with Gasteiger partial charge in [-0.05, 0) is 11.5 Å². The standard InChI is InChI=1S/C17H14F3NO4/c18-17(19,20)13-8-21(7-12(13)16(24)25)15(23)11-6-5-9-3-1-2-4-10(9)14(11)22/h1-6,12-13,22H,7-8H2,(H,24,25)/t12-,13-/m1/s1. The number of amides is 1. The predicted octanol–water partition coefficient (Wildman–Crippen LogP) is 2.88. The van der Waals surface area contributed by atoms with Crippen LogP contribution < -0.4 is 0 Å². The summed E-state index contributed by atoms with van der Waals surface area (Å²) in [7, 11) is 0. The minimum Gasteiger partial charge on any atom is -0.506 e. The summed E-state index contributed by atoms with van der Waals surface area (Å²) in [6.45, 7) is -1.30. The Morgan fingerprint density at radius 2 is 1.76 bits per heavy atom. The number of alkyl halides is 3. The molecule has 25 heavy (non-hydrogen) atoms. The number of aliphatic carboxylic acids is 1. The van der Waals surface area contributed by atoms with Crippen LogP contribution in [-0.2, 0) is 4.79 Å². The smallest absolute Gasteiger partial charge is 0.394 e. The van der Waals surface area contributed by atoms with E-state index in [0.717, 1.165) is 4.90 Å². The van der Waals surface area contributed by atoms with Gasteiger partial charge in [0.15, 0.2) is 0 Å². The fraction of sp³-hybridized carbons (Fsp3) is 0.294. The number of benzene rings is 2. The van der Waals surface area contributed by atoms with E-state index >= 15 is 0 Å². The molecule has 1 aliphatic rings. The molecule has 1 amide bonds. The summed E-state index contributed by atoms with van der Waals surface area (Å²) in [4.78, 5) is 24.5. The Hall–Kier alpha value is -2.77. The van der Waals surface area contributed by atoms with E-state index in [-0.39, 0.29) is 11.3 Å². The summed E-state index contributed by atoms with van der Waals surface area (Å²) in [6.07, 6.45) is -4.72. The summed E-state index contributed by atoms with van der Waals surface area (Å²) in [5.74, 6) is -6.59. The van der Waals surface area contributed by atoms with Crippen LogP contribution in [0.25, 0.3) is 10.8 Å². The van der Waals surface area contributed by atoms with Crippen LogP contribution in [0.15, 0.2) is 36.4 Å². The van der Waals surface area contributed by atoms with Crippen LogP contribution >= 0.6 is 0 Å². The lowest BCUT2D eigenvalue weighted by Crippen LogP contribution is -2.34. The Kier molecular flexibility index (Phi) is 4.06. The number of aromatic hydroxyl groups is 1. The van der Waals surface area contributed by atoms with Crippen LogP contribution in [0.1, 0.15) is 10.4 Å². The van der Waals surface area contributed by atoms with Crippen LogP contribution in [0.4, 0.5) is 13.2 Å². The largest absolute Gasteiger partial charge is 0.506 e. The van der Waals surface area contributed by atoms with E-state index in [9.17, 15) is 27.9 Å². The van der Waals surface area contributed by atoms with Crippen molar-refractivity contribution >= 4 is 22.6 Å². The second-order valence-electron chi connectivity index (χ2n) is 5.99. The molecule has 0 saturated carbocycles. The number of halogens is 3. The second-order valence-corrected chi connectivity index (χ2v) is 5.99. The highest BCUT2D eigenvalue weighted by Crippen LogP contribution is 2.39. The fourth-order valence-corrected chi connectivity index (χ4v) is 3.15. The van der Waals surface area contributed by atoms with Crippen molar-refractivity contribution in [2.24, 2.45) is 11.8 Å². The minimum atomic E-state index is -4.72. The fourth-order valence-electron chi connectivity index (χ4n) is 3.15. The molecule has 1 fully saturated rings. The van der Waals surface area contributed by atoms with Gasteiger partial charge >= 0.3 is 12.1 Å². The average molecular weight is 353 g/mol. The molecule has 2 atom stereocenters. The molecule has 0 spiro atoms. The van der Waals surface area contributed by atoms with Crippen LogP contribution in [0, 0.1) is 11.8 Å². The number of fused-ring (bicyclic) bond motifs is 1. The van der Waals surface area contributed by atoms with Crippen molar-refractivity contribution in [2.75, 3.05) is 13.1 Å². The Bertz CT molecular complexity index is 849. The Morgan fingerprint density at radius 1 is 1.08 bits per heavy atom. The van der Waals surface area contributed by atoms with Crippen molar-refractivity contribution in [1.29, 1.82) is 0 Å². The van der Waals surface area contributed by atoms with Crippen LogP contribution in [0.5, 0.6) is 5.75 Å². The highest BCUT2D eigenvalue weighted by atomic mass is 19.4. The number of carboxylic acids is 1. The van der Waals surface area contributed by atoms with Gasteiger partial charge in [0.1, 0.15) is 5.75 Å². The zero-order chi connectivity index (χ0) is 18.4. The quantitative estimate of drug-likeness (QED) is 0.870. The van der Waals surface area contributed by atoms with E-state index in [4.69, 9.17) is 5.11 Å². The molecule has 5 nitrogen and oxygen atoms in total. The molecule has 132 valence electrons. The first-order valence-corrected chi connectivity index (χ1v) is 7.49. The first-order valence-electron chi connectivity index (χ1n) is 7.49. The normalized spacial score (nSPS) is 20.8. The first kappa shape index (κ1) is 17.1. The molecule has 0 aromatic heterocycles. The molecule has 0 radical (unpaired) electrons. The molecule has 0 aliphatic carbocycles. The number of carbonyl (C=O) groups excluding carboxylic acids is 1. The van der Waals surface area contributed by atoms with Crippen LogP contribution in [0.2, 0.25) is 0 Å². The molecule has 0 unspecified atom stereocenters. The maximum atomic E-state index is 13.0. The predicted molar refractivity (Wildman–Crippen MR) is 82.2 cm³/mol. The Labute approximate surface area is 140 Å². The summed E-state index contributed by atoms with van der Waals surface area (Å²) >= 11 is 0. The summed E-state index contributed by atoms with van der Waals surface area (Å²) < 4.78 is 39.1. The third-order valence-corrected chi connectivity index (χ3v) is 4.48. The maximum absolute atomic E-state index is 13.0. The highest BCUT2D eigenvalue weighted by Gasteiger charge is 2.53. The van der Waals surface area contributed by atoms with E-state index in [2.05, 4.69) is 0 Å². The number of rotatable bonds is 2. The van der Waals surface area contributed by atoms with Crippen LogP contribution in [-0.4, -0.2) is 46.3 Å². The molecule has 1 aliphatic heterocycles. The van der Waals surface area contributed by atoms with Gasteiger partial charge < -0.3 is 15.1 Å². The van der Waals surface area contributed by atoms with Crippen molar-refractivity contribution in [1.82, 2.24) is 4.90 Å². The number of nitrogens with zero attached hydrogens (tertiary/aromatic N) is 1. The van der Waals surface area contributed by atoms with Gasteiger partial charge in [0, 0.05) is 18.5 Å². The molecule has 2 aromatic rings. The zero-order valence-corrected chi connectivity index (χ0v) is 12.8. The number of likely N-dealkylation sites (tertiary alicyclic amines) is 1. The van der Waals surface area contributed by atoms with Gasteiger partial charge in [0.05, 0.1) is 17.4 Å². The lowest BCUT2D eigenvalue weighted by Gasteiger charge is -2.19. The molecule has 3 rings (SSSR count). The number of hydrogen-bond donors (Lipinski definition) is 2. The van der Waals surface area contributed by atoms with Crippen molar-refractivity contribution in [3.63, 3.8) is 0 Å². The number of carboxylic acid groups (broad SMARTS) is 1. The molecule has 2 aromatic carbocycles. The first-order chi connectivity index (χ1) is 11.7. The van der Waals surface area contributed by atoms with Gasteiger partial charge in [-0.15, -0.1) is 0 Å². The van der Waals surface area contributed by atoms with Gasteiger partial charge in [-0.2, -0.15) is 13.2 Å². The van der Waals surface area contributed by atoms with Gasteiger partial charge in [-0.25, -0.2) is 0 Å². The van der Waals surface area contributed by atoms with E-state index in [1.54, 1.807) is 30.3 Å². The molecular weight excluding hydrogens is 339 g/mol. The Morgan fingerprint density at radius 3 is 2.36 bits per heavy atom. The molecule has 2 N–H and O–H groups in total. The van der Waals surface area contributed by atoms with Gasteiger partial charge in [0.2, 0.25) is 0 Å². The molecule has 1 saturated heterocycles. The SMILES string of the molecule is O=C(O)[C@@H]1CN(C(=O)c2ccc3ccccc3c2O)C[C@H]1C(F)(F)F. The van der Waals surface area contributed by atoms with Gasteiger partial charge in [-0.1, -0.05) is 30.3 Å². The molecule has 1 heterocycles. The lowest BCUT2D eigenvalue weighted by atomic mass is 9.96. The van der Waals surface area contributed by atoms with Crippen molar-refractivity contribution in [2.45, 2.75) is 6.18 Å². The van der Waals surface area contributed by atoms with Crippen molar-refractivity contribution < 1.29 is 33.0 Å². The van der Waals surface area contributed by atoms with Crippen LogP contribution in [0.3, 0.4) is 0 Å². The van der Waals surface area contributed by atoms with E-state index in [1.165, 1.54) is 6.07 Å². The molecule has 0 bridgehead atoms. The van der Waals surface area contributed by atoms with Crippen molar-refractivity contribution in [3.05, 3.63) is 42.0 Å². The van der Waals surface area contributed by atoms with E-state index < -0.39 is 43.0 Å². The number of phenols is 1. The third-order valence-electron chi connectivity index (χ3n) is 4.48. The zero-order valence-electron chi connectivity index (χ0n) is 12.8. The van der Waals surface area contributed by atoms with Crippen molar-refractivity contribution in [3.8, 4) is 5.75 Å². The lowest BCUT2D eigenvalue weighted by molar-refractivity contribution is -0.187. The number of hydrogen-bond acceptors (Lipinski definition) is 3. The average Bonchev–Trinajstić information content (AvgIpc) is 3.01. The minimum absolute atomic E-state index is 0.148.